The van der Waals surface area contributed by atoms with Gasteiger partial charge in [-0.15, -0.1) is 0 Å². The molecule has 3 aromatic rings. The number of aryl methyl sites for hydroxylation is 1. The van der Waals surface area contributed by atoms with Gasteiger partial charge in [0.1, 0.15) is 11.2 Å². The standard InChI is InChI=1S/C18H17F3N6O2/c1-12-10-16-17(22-4-5-26(16)23-12)25-8-6-24(7-9-25)14-3-2-13(18(19,20)21)11-15(14)27(28)29/h2-5,10-11H,6-9H2,1H3. The number of halogens is 3. The lowest BCUT2D eigenvalue weighted by atomic mass is 10.1. The van der Waals surface area contributed by atoms with Gasteiger partial charge in [-0.2, -0.15) is 18.3 Å². The molecule has 0 aliphatic carbocycles. The molecule has 0 radical (unpaired) electrons. The summed E-state index contributed by atoms with van der Waals surface area (Å²) in [4.78, 5) is 18.8. The first kappa shape index (κ1) is 19.0. The summed E-state index contributed by atoms with van der Waals surface area (Å²) >= 11 is 0. The van der Waals surface area contributed by atoms with Crippen LogP contribution >= 0.6 is 0 Å². The number of nitro benzene ring substituents is 1. The molecule has 0 amide bonds. The van der Waals surface area contributed by atoms with Gasteiger partial charge in [-0.3, -0.25) is 10.1 Å². The quantitative estimate of drug-likeness (QED) is 0.491. The van der Waals surface area contributed by atoms with Crippen molar-refractivity contribution in [1.29, 1.82) is 0 Å². The van der Waals surface area contributed by atoms with Crippen molar-refractivity contribution in [3.8, 4) is 0 Å². The van der Waals surface area contributed by atoms with E-state index in [1.54, 1.807) is 21.8 Å². The Morgan fingerprint density at radius 1 is 1.10 bits per heavy atom. The molecule has 3 heterocycles. The summed E-state index contributed by atoms with van der Waals surface area (Å²) in [6, 6.07) is 4.58. The number of hydrogen-bond acceptors (Lipinski definition) is 6. The first-order chi connectivity index (χ1) is 13.7. The van der Waals surface area contributed by atoms with Crippen LogP contribution in [0.15, 0.2) is 36.7 Å². The molecule has 2 aromatic heterocycles. The molecule has 152 valence electrons. The van der Waals surface area contributed by atoms with Crippen molar-refractivity contribution in [2.24, 2.45) is 0 Å². The Labute approximate surface area is 163 Å². The summed E-state index contributed by atoms with van der Waals surface area (Å²) in [5.41, 5.74) is 0.338. The molecule has 1 aromatic carbocycles. The predicted molar refractivity (Wildman–Crippen MR) is 100 cm³/mol. The molecule has 8 nitrogen and oxygen atoms in total. The van der Waals surface area contributed by atoms with Crippen molar-refractivity contribution in [3.05, 3.63) is 58.0 Å². The number of nitro groups is 1. The predicted octanol–water partition coefficient (Wildman–Crippen LogP) is 3.29. The minimum absolute atomic E-state index is 0.189. The van der Waals surface area contributed by atoms with Crippen molar-refractivity contribution >= 4 is 22.7 Å². The van der Waals surface area contributed by atoms with E-state index in [2.05, 4.69) is 10.1 Å². The van der Waals surface area contributed by atoms with Gasteiger partial charge in [0.25, 0.3) is 5.69 Å². The van der Waals surface area contributed by atoms with E-state index < -0.39 is 22.4 Å². The zero-order chi connectivity index (χ0) is 20.8. The molecule has 0 atom stereocenters. The highest BCUT2D eigenvalue weighted by Gasteiger charge is 2.34. The minimum Gasteiger partial charge on any atom is -0.362 e. The van der Waals surface area contributed by atoms with Gasteiger partial charge in [0, 0.05) is 44.6 Å². The van der Waals surface area contributed by atoms with Crippen LogP contribution in [-0.4, -0.2) is 45.7 Å². The van der Waals surface area contributed by atoms with Gasteiger partial charge in [0.2, 0.25) is 0 Å². The average molecular weight is 406 g/mol. The van der Waals surface area contributed by atoms with Gasteiger partial charge in [0.05, 0.1) is 16.2 Å². The summed E-state index contributed by atoms with van der Waals surface area (Å²) in [6.45, 7) is 3.77. The number of rotatable bonds is 3. The van der Waals surface area contributed by atoms with Crippen LogP contribution in [0.1, 0.15) is 11.3 Å². The van der Waals surface area contributed by atoms with Crippen LogP contribution in [0.4, 0.5) is 30.4 Å². The molecular weight excluding hydrogens is 389 g/mol. The van der Waals surface area contributed by atoms with E-state index in [4.69, 9.17) is 0 Å². The maximum absolute atomic E-state index is 12.9. The number of benzene rings is 1. The third-order valence-corrected chi connectivity index (χ3v) is 4.91. The molecule has 1 saturated heterocycles. The van der Waals surface area contributed by atoms with E-state index in [0.29, 0.717) is 32.2 Å². The number of hydrogen-bond donors (Lipinski definition) is 0. The molecule has 1 aliphatic rings. The summed E-state index contributed by atoms with van der Waals surface area (Å²) in [5.74, 6) is 0.759. The van der Waals surface area contributed by atoms with Gasteiger partial charge < -0.3 is 9.80 Å². The SMILES string of the molecule is Cc1cc2c(N3CCN(c4ccc(C(F)(F)F)cc4[N+](=O)[O-])CC3)nccn2n1. The Morgan fingerprint density at radius 3 is 2.45 bits per heavy atom. The number of alkyl halides is 3. The lowest BCUT2D eigenvalue weighted by molar-refractivity contribution is -0.384. The van der Waals surface area contributed by atoms with Gasteiger partial charge in [-0.1, -0.05) is 0 Å². The lowest BCUT2D eigenvalue weighted by Crippen LogP contribution is -2.47. The van der Waals surface area contributed by atoms with Gasteiger partial charge in [-0.05, 0) is 25.1 Å². The molecule has 0 unspecified atom stereocenters. The van der Waals surface area contributed by atoms with E-state index in [-0.39, 0.29) is 5.69 Å². The zero-order valence-electron chi connectivity index (χ0n) is 15.4. The van der Waals surface area contributed by atoms with Crippen LogP contribution < -0.4 is 9.80 Å². The third kappa shape index (κ3) is 3.55. The first-order valence-electron chi connectivity index (χ1n) is 8.90. The normalized spacial score (nSPS) is 15.2. The van der Waals surface area contributed by atoms with Crippen molar-refractivity contribution < 1.29 is 18.1 Å². The van der Waals surface area contributed by atoms with E-state index >= 15 is 0 Å². The number of anilines is 2. The van der Waals surface area contributed by atoms with Crippen molar-refractivity contribution in [2.45, 2.75) is 13.1 Å². The second-order valence-electron chi connectivity index (χ2n) is 6.80. The van der Waals surface area contributed by atoms with Crippen molar-refractivity contribution in [2.75, 3.05) is 36.0 Å². The maximum atomic E-state index is 12.9. The van der Waals surface area contributed by atoms with Crippen LogP contribution in [0.5, 0.6) is 0 Å². The van der Waals surface area contributed by atoms with E-state index in [1.807, 2.05) is 17.9 Å². The highest BCUT2D eigenvalue weighted by Crippen LogP contribution is 2.37. The lowest BCUT2D eigenvalue weighted by Gasteiger charge is -2.36. The Balaban J connectivity index is 1.57. The summed E-state index contributed by atoms with van der Waals surface area (Å²) < 4.78 is 40.5. The monoisotopic (exact) mass is 406 g/mol. The molecule has 1 aliphatic heterocycles. The van der Waals surface area contributed by atoms with Gasteiger partial charge in [0.15, 0.2) is 5.82 Å². The minimum atomic E-state index is -4.63. The summed E-state index contributed by atoms with van der Waals surface area (Å²) in [5, 5.41) is 15.7. The number of aromatic nitrogens is 3. The van der Waals surface area contributed by atoms with E-state index in [9.17, 15) is 23.3 Å². The fourth-order valence-electron chi connectivity index (χ4n) is 3.55. The molecule has 1 fully saturated rings. The highest BCUT2D eigenvalue weighted by molar-refractivity contribution is 5.70. The highest BCUT2D eigenvalue weighted by atomic mass is 19.4. The Morgan fingerprint density at radius 2 is 1.79 bits per heavy atom. The van der Waals surface area contributed by atoms with Gasteiger partial charge >= 0.3 is 6.18 Å². The number of fused-ring (bicyclic) bond motifs is 1. The van der Waals surface area contributed by atoms with Crippen molar-refractivity contribution in [1.82, 2.24) is 14.6 Å². The maximum Gasteiger partial charge on any atom is 0.416 e. The van der Waals surface area contributed by atoms with Crippen LogP contribution in [0.25, 0.3) is 5.52 Å². The second kappa shape index (κ2) is 6.90. The van der Waals surface area contributed by atoms with Crippen LogP contribution in [0.3, 0.4) is 0 Å². The van der Waals surface area contributed by atoms with E-state index in [0.717, 1.165) is 23.1 Å². The Kier molecular flexibility index (Phi) is 4.52. The third-order valence-electron chi connectivity index (χ3n) is 4.91. The van der Waals surface area contributed by atoms with Gasteiger partial charge in [-0.25, -0.2) is 9.50 Å². The largest absolute Gasteiger partial charge is 0.416 e. The molecule has 0 saturated carbocycles. The molecular formula is C18H17F3N6O2. The molecule has 29 heavy (non-hydrogen) atoms. The first-order valence-corrected chi connectivity index (χ1v) is 8.90. The average Bonchev–Trinajstić information content (AvgIpc) is 3.07. The molecule has 0 N–H and O–H groups in total. The second-order valence-corrected chi connectivity index (χ2v) is 6.80. The fourth-order valence-corrected chi connectivity index (χ4v) is 3.55. The molecule has 0 spiro atoms. The van der Waals surface area contributed by atoms with Crippen LogP contribution in [0, 0.1) is 17.0 Å². The molecule has 4 rings (SSSR count). The fraction of sp³-hybridized carbons (Fsp3) is 0.333. The van der Waals surface area contributed by atoms with E-state index in [1.165, 1.54) is 6.07 Å². The Hall–Kier alpha value is -3.37. The summed E-state index contributed by atoms with van der Waals surface area (Å²) in [6.07, 6.45) is -1.22. The van der Waals surface area contributed by atoms with Crippen molar-refractivity contribution in [3.63, 3.8) is 0 Å². The topological polar surface area (TPSA) is 79.8 Å². The van der Waals surface area contributed by atoms with Crippen LogP contribution in [0.2, 0.25) is 0 Å². The van der Waals surface area contributed by atoms with Crippen LogP contribution in [-0.2, 0) is 6.18 Å². The zero-order valence-corrected chi connectivity index (χ0v) is 15.4. The smallest absolute Gasteiger partial charge is 0.362 e. The number of piperazine rings is 1. The number of nitrogens with zero attached hydrogens (tertiary/aromatic N) is 6. The Bertz CT molecular complexity index is 1070. The molecule has 0 bridgehead atoms. The summed E-state index contributed by atoms with van der Waals surface area (Å²) in [7, 11) is 0. The molecule has 11 heteroatoms.